The van der Waals surface area contributed by atoms with Crippen molar-refractivity contribution in [2.75, 3.05) is 13.1 Å². The third kappa shape index (κ3) is 1.93. The Morgan fingerprint density at radius 2 is 2.05 bits per heavy atom. The Balaban J connectivity index is 1.77. The van der Waals surface area contributed by atoms with Crippen LogP contribution in [0.5, 0.6) is 0 Å². The molecule has 2 saturated heterocycles. The Kier molecular flexibility index (Phi) is 2.83. The highest BCUT2D eigenvalue weighted by molar-refractivity contribution is 5.73. The van der Waals surface area contributed by atoms with Gasteiger partial charge in [-0.05, 0) is 19.3 Å². The van der Waals surface area contributed by atoms with Crippen molar-refractivity contribution in [2.24, 2.45) is 0 Å². The minimum atomic E-state index is -0.883. The summed E-state index contributed by atoms with van der Waals surface area (Å²) in [6, 6.07) is 0.470. The van der Waals surface area contributed by atoms with E-state index in [0.717, 1.165) is 19.3 Å². The summed E-state index contributed by atoms with van der Waals surface area (Å²) in [4.78, 5) is 26.4. The maximum atomic E-state index is 12.1. The number of rotatable bonds is 2. The Bertz CT molecular complexity index is 399. The number of ether oxygens (including phenoxy) is 1. The zero-order valence-electron chi connectivity index (χ0n) is 11.2. The molecule has 0 bridgehead atoms. The molecule has 0 radical (unpaired) electrons. The summed E-state index contributed by atoms with van der Waals surface area (Å²) < 4.78 is 5.70. The van der Waals surface area contributed by atoms with Gasteiger partial charge in [0.1, 0.15) is 5.60 Å². The minimum Gasteiger partial charge on any atom is -0.465 e. The number of hydrogen-bond acceptors (Lipinski definition) is 3. The topological polar surface area (TPSA) is 70.1 Å². The first-order valence-corrected chi connectivity index (χ1v) is 7.06. The second-order valence-corrected chi connectivity index (χ2v) is 5.76. The Labute approximate surface area is 112 Å². The molecule has 1 atom stereocenters. The average molecular weight is 268 g/mol. The van der Waals surface area contributed by atoms with E-state index < -0.39 is 11.7 Å². The normalized spacial score (nSPS) is 29.7. The zero-order valence-corrected chi connectivity index (χ0v) is 11.2. The van der Waals surface area contributed by atoms with E-state index in [1.54, 1.807) is 0 Å². The maximum Gasteiger partial charge on any atom is 0.411 e. The highest BCUT2D eigenvalue weighted by Gasteiger charge is 2.57. The highest BCUT2D eigenvalue weighted by Crippen LogP contribution is 2.44. The molecule has 0 aromatic rings. The maximum absolute atomic E-state index is 12.1. The van der Waals surface area contributed by atoms with Crippen LogP contribution in [0.1, 0.15) is 39.0 Å². The van der Waals surface area contributed by atoms with Crippen LogP contribution in [0, 0.1) is 0 Å². The number of piperidine rings is 1. The molecule has 2 aliphatic heterocycles. The van der Waals surface area contributed by atoms with E-state index in [2.05, 4.69) is 6.92 Å². The average Bonchev–Trinajstić information content (AvgIpc) is 3.16. The molecular weight excluding hydrogens is 248 g/mol. The second kappa shape index (κ2) is 4.28. The van der Waals surface area contributed by atoms with Crippen molar-refractivity contribution in [1.82, 2.24) is 9.80 Å². The predicted octanol–water partition coefficient (Wildman–Crippen LogP) is 1.89. The fraction of sp³-hybridized carbons (Fsp3) is 0.846. The van der Waals surface area contributed by atoms with Gasteiger partial charge in [-0.3, -0.25) is 4.90 Å². The van der Waals surface area contributed by atoms with Crippen LogP contribution in [0.15, 0.2) is 0 Å². The van der Waals surface area contributed by atoms with Crippen LogP contribution < -0.4 is 0 Å². The molecule has 1 unspecified atom stereocenters. The SMILES string of the molecule is CCC1N(C2CC2)C(=O)OC12CCN(C(=O)O)CC2. The molecule has 6 nitrogen and oxygen atoms in total. The van der Waals surface area contributed by atoms with Crippen molar-refractivity contribution >= 4 is 12.2 Å². The molecule has 0 aromatic heterocycles. The van der Waals surface area contributed by atoms with Gasteiger partial charge >= 0.3 is 12.2 Å². The van der Waals surface area contributed by atoms with E-state index >= 15 is 0 Å². The van der Waals surface area contributed by atoms with Gasteiger partial charge in [0.2, 0.25) is 0 Å². The van der Waals surface area contributed by atoms with Crippen LogP contribution in [0.4, 0.5) is 9.59 Å². The number of likely N-dealkylation sites (tertiary alicyclic amines) is 1. The molecule has 19 heavy (non-hydrogen) atoms. The summed E-state index contributed by atoms with van der Waals surface area (Å²) in [6.45, 7) is 2.99. The molecule has 3 fully saturated rings. The number of carbonyl (C=O) groups is 2. The molecule has 2 heterocycles. The number of hydrogen-bond donors (Lipinski definition) is 1. The molecule has 0 aromatic carbocycles. The van der Waals surface area contributed by atoms with Crippen molar-refractivity contribution < 1.29 is 19.4 Å². The molecule has 2 amide bonds. The van der Waals surface area contributed by atoms with Crippen molar-refractivity contribution in [3.8, 4) is 0 Å². The molecule has 1 aliphatic carbocycles. The van der Waals surface area contributed by atoms with Crippen LogP contribution in [0.2, 0.25) is 0 Å². The van der Waals surface area contributed by atoms with E-state index in [1.165, 1.54) is 4.90 Å². The van der Waals surface area contributed by atoms with E-state index in [-0.39, 0.29) is 12.1 Å². The van der Waals surface area contributed by atoms with Crippen molar-refractivity contribution in [3.63, 3.8) is 0 Å². The number of carbonyl (C=O) groups excluding carboxylic acids is 1. The van der Waals surface area contributed by atoms with Gasteiger partial charge in [-0.1, -0.05) is 6.92 Å². The van der Waals surface area contributed by atoms with E-state index in [0.29, 0.717) is 32.0 Å². The lowest BCUT2D eigenvalue weighted by atomic mass is 9.83. The standard InChI is InChI=1S/C13H20N2O4/c1-2-10-13(5-7-14(8-6-13)11(16)17)19-12(18)15(10)9-3-4-9/h9-10H,2-8H2,1H3,(H,16,17). The van der Waals surface area contributed by atoms with Gasteiger partial charge < -0.3 is 14.7 Å². The third-order valence-corrected chi connectivity index (χ3v) is 4.65. The van der Waals surface area contributed by atoms with Gasteiger partial charge in [-0.2, -0.15) is 0 Å². The molecule has 3 aliphatic rings. The van der Waals surface area contributed by atoms with Gasteiger partial charge in [0.25, 0.3) is 0 Å². The quantitative estimate of drug-likeness (QED) is 0.830. The second-order valence-electron chi connectivity index (χ2n) is 5.76. The fourth-order valence-corrected chi connectivity index (χ4v) is 3.51. The van der Waals surface area contributed by atoms with Crippen molar-refractivity contribution in [2.45, 2.75) is 56.7 Å². The largest absolute Gasteiger partial charge is 0.465 e. The number of nitrogens with zero attached hydrogens (tertiary/aromatic N) is 2. The van der Waals surface area contributed by atoms with E-state index in [4.69, 9.17) is 9.84 Å². The Morgan fingerprint density at radius 1 is 1.42 bits per heavy atom. The van der Waals surface area contributed by atoms with Gasteiger partial charge in [-0.25, -0.2) is 9.59 Å². The van der Waals surface area contributed by atoms with Crippen LogP contribution in [0.3, 0.4) is 0 Å². The minimum absolute atomic E-state index is 0.114. The molecule has 1 N–H and O–H groups in total. The summed E-state index contributed by atoms with van der Waals surface area (Å²) in [5, 5.41) is 9.00. The molecule has 106 valence electrons. The Morgan fingerprint density at radius 3 is 2.53 bits per heavy atom. The van der Waals surface area contributed by atoms with Crippen molar-refractivity contribution in [3.05, 3.63) is 0 Å². The van der Waals surface area contributed by atoms with Crippen LogP contribution >= 0.6 is 0 Å². The monoisotopic (exact) mass is 268 g/mol. The molecular formula is C13H20N2O4. The predicted molar refractivity (Wildman–Crippen MR) is 67.0 cm³/mol. The Hall–Kier alpha value is -1.46. The number of carboxylic acid groups (broad SMARTS) is 1. The van der Waals surface area contributed by atoms with Crippen LogP contribution in [0.25, 0.3) is 0 Å². The van der Waals surface area contributed by atoms with Crippen molar-refractivity contribution in [1.29, 1.82) is 0 Å². The lowest BCUT2D eigenvalue weighted by molar-refractivity contribution is -0.0184. The van der Waals surface area contributed by atoms with Crippen LogP contribution in [-0.2, 0) is 4.74 Å². The lowest BCUT2D eigenvalue weighted by Crippen LogP contribution is -2.53. The first-order chi connectivity index (χ1) is 9.07. The zero-order chi connectivity index (χ0) is 13.6. The lowest BCUT2D eigenvalue weighted by Gasteiger charge is -2.40. The summed E-state index contributed by atoms with van der Waals surface area (Å²) in [7, 11) is 0. The van der Waals surface area contributed by atoms with E-state index in [9.17, 15) is 9.59 Å². The van der Waals surface area contributed by atoms with Crippen LogP contribution in [-0.4, -0.2) is 57.9 Å². The summed E-state index contributed by atoms with van der Waals surface area (Å²) in [5.74, 6) is 0. The third-order valence-electron chi connectivity index (χ3n) is 4.65. The first-order valence-electron chi connectivity index (χ1n) is 7.06. The smallest absolute Gasteiger partial charge is 0.411 e. The molecule has 6 heteroatoms. The van der Waals surface area contributed by atoms with Gasteiger partial charge in [0.05, 0.1) is 6.04 Å². The summed E-state index contributed by atoms with van der Waals surface area (Å²) in [5.41, 5.74) is -0.458. The van der Waals surface area contributed by atoms with Gasteiger partial charge in [0, 0.05) is 32.0 Å². The summed E-state index contributed by atoms with van der Waals surface area (Å²) in [6.07, 6.45) is 3.17. The molecule has 1 saturated carbocycles. The van der Waals surface area contributed by atoms with E-state index in [1.807, 2.05) is 4.90 Å². The number of amides is 2. The first kappa shape index (κ1) is 12.6. The summed E-state index contributed by atoms with van der Waals surface area (Å²) >= 11 is 0. The fourth-order valence-electron chi connectivity index (χ4n) is 3.51. The van der Waals surface area contributed by atoms with Gasteiger partial charge in [0.15, 0.2) is 0 Å². The molecule has 3 rings (SSSR count). The molecule has 1 spiro atoms. The highest BCUT2D eigenvalue weighted by atomic mass is 16.6. The van der Waals surface area contributed by atoms with Gasteiger partial charge in [-0.15, -0.1) is 0 Å².